The maximum absolute atomic E-state index is 11.6. The minimum Gasteiger partial charge on any atom is -0.368 e. The lowest BCUT2D eigenvalue weighted by Crippen LogP contribution is -2.48. The van der Waals surface area contributed by atoms with Crippen LogP contribution in [0, 0.1) is 0 Å². The van der Waals surface area contributed by atoms with E-state index in [9.17, 15) is 8.42 Å². The highest BCUT2D eigenvalue weighted by Gasteiger charge is 2.24. The van der Waals surface area contributed by atoms with Gasteiger partial charge in [0.05, 0.1) is 11.8 Å². The van der Waals surface area contributed by atoms with Crippen LogP contribution in [0.25, 0.3) is 10.9 Å². The van der Waals surface area contributed by atoms with E-state index in [1.807, 2.05) is 24.3 Å². The van der Waals surface area contributed by atoms with Crippen molar-refractivity contribution in [3.05, 3.63) is 35.5 Å². The van der Waals surface area contributed by atoms with Crippen LogP contribution in [0.2, 0.25) is 5.02 Å². The summed E-state index contributed by atoms with van der Waals surface area (Å²) in [7, 11) is -3.11. The molecule has 3 rings (SSSR count). The molecule has 1 aliphatic heterocycles. The summed E-state index contributed by atoms with van der Waals surface area (Å²) in [5.74, 6) is 0. The van der Waals surface area contributed by atoms with E-state index in [2.05, 4.69) is 9.88 Å². The number of rotatable bonds is 2. The molecule has 0 radical (unpaired) electrons. The van der Waals surface area contributed by atoms with Gasteiger partial charge >= 0.3 is 0 Å². The molecular formula is C14H16ClN3O2S. The number of sulfonamides is 1. The second-order valence-electron chi connectivity index (χ2n) is 5.14. The Kier molecular flexibility index (Phi) is 3.77. The summed E-state index contributed by atoms with van der Waals surface area (Å²) >= 11 is 6.08. The molecule has 21 heavy (non-hydrogen) atoms. The Morgan fingerprint density at radius 1 is 1.14 bits per heavy atom. The minimum atomic E-state index is -3.11. The van der Waals surface area contributed by atoms with Gasteiger partial charge in [-0.05, 0) is 24.3 Å². The van der Waals surface area contributed by atoms with Crippen molar-refractivity contribution in [1.29, 1.82) is 0 Å². The number of piperazine rings is 1. The number of fused-ring (bicyclic) bond motifs is 1. The number of anilines is 1. The van der Waals surface area contributed by atoms with Crippen LogP contribution < -0.4 is 4.90 Å². The van der Waals surface area contributed by atoms with Gasteiger partial charge in [-0.3, -0.25) is 4.98 Å². The molecule has 1 fully saturated rings. The Morgan fingerprint density at radius 2 is 1.86 bits per heavy atom. The molecule has 1 aromatic carbocycles. The molecule has 0 amide bonds. The van der Waals surface area contributed by atoms with Crippen LogP contribution in [-0.2, 0) is 10.0 Å². The van der Waals surface area contributed by atoms with Gasteiger partial charge in [0.25, 0.3) is 0 Å². The summed E-state index contributed by atoms with van der Waals surface area (Å²) < 4.78 is 24.6. The molecule has 0 unspecified atom stereocenters. The number of aromatic nitrogens is 1. The lowest BCUT2D eigenvalue weighted by atomic mass is 10.1. The molecule has 0 atom stereocenters. The average molecular weight is 326 g/mol. The van der Waals surface area contributed by atoms with Crippen molar-refractivity contribution in [2.75, 3.05) is 37.3 Å². The maximum atomic E-state index is 11.6. The molecule has 1 saturated heterocycles. The van der Waals surface area contributed by atoms with Crippen LogP contribution in [-0.4, -0.2) is 50.1 Å². The first-order valence-corrected chi connectivity index (χ1v) is 8.92. The zero-order valence-electron chi connectivity index (χ0n) is 11.7. The summed E-state index contributed by atoms with van der Waals surface area (Å²) in [6.07, 6.45) is 3.03. The highest BCUT2D eigenvalue weighted by Crippen LogP contribution is 2.28. The van der Waals surface area contributed by atoms with Gasteiger partial charge in [-0.25, -0.2) is 8.42 Å². The van der Waals surface area contributed by atoms with Crippen LogP contribution in [0.15, 0.2) is 30.5 Å². The number of benzene rings is 1. The van der Waals surface area contributed by atoms with Crippen LogP contribution in [0.3, 0.4) is 0 Å². The average Bonchev–Trinajstić information content (AvgIpc) is 2.46. The highest BCUT2D eigenvalue weighted by molar-refractivity contribution is 7.88. The van der Waals surface area contributed by atoms with Gasteiger partial charge in [0, 0.05) is 48.5 Å². The normalized spacial score (nSPS) is 17.3. The lowest BCUT2D eigenvalue weighted by Gasteiger charge is -2.35. The predicted molar refractivity (Wildman–Crippen MR) is 85.4 cm³/mol. The molecule has 0 saturated carbocycles. The summed E-state index contributed by atoms with van der Waals surface area (Å²) in [5, 5.41) is 1.67. The van der Waals surface area contributed by atoms with E-state index in [4.69, 9.17) is 11.6 Å². The first kappa shape index (κ1) is 14.6. The summed E-state index contributed by atoms with van der Waals surface area (Å²) in [5.41, 5.74) is 1.94. The molecule has 2 heterocycles. The minimum absolute atomic E-state index is 0.503. The predicted octanol–water partition coefficient (Wildman–Crippen LogP) is 1.97. The molecule has 7 heteroatoms. The Morgan fingerprint density at radius 3 is 2.52 bits per heavy atom. The topological polar surface area (TPSA) is 53.5 Å². The van der Waals surface area contributed by atoms with E-state index >= 15 is 0 Å². The van der Waals surface area contributed by atoms with Crippen LogP contribution in [0.5, 0.6) is 0 Å². The van der Waals surface area contributed by atoms with E-state index in [-0.39, 0.29) is 0 Å². The summed E-state index contributed by atoms with van der Waals surface area (Å²) in [6.45, 7) is 2.34. The highest BCUT2D eigenvalue weighted by atomic mass is 35.5. The van der Waals surface area contributed by atoms with E-state index in [0.717, 1.165) is 16.6 Å². The van der Waals surface area contributed by atoms with E-state index in [1.54, 1.807) is 6.20 Å². The molecule has 5 nitrogen and oxygen atoms in total. The molecule has 0 bridgehead atoms. The molecule has 1 aliphatic rings. The van der Waals surface area contributed by atoms with Crippen molar-refractivity contribution < 1.29 is 8.42 Å². The zero-order valence-corrected chi connectivity index (χ0v) is 13.2. The lowest BCUT2D eigenvalue weighted by molar-refractivity contribution is 0.388. The molecular weight excluding hydrogens is 310 g/mol. The van der Waals surface area contributed by atoms with Crippen molar-refractivity contribution in [2.24, 2.45) is 0 Å². The van der Waals surface area contributed by atoms with Gasteiger partial charge in [-0.2, -0.15) is 4.31 Å². The van der Waals surface area contributed by atoms with Gasteiger partial charge in [0.1, 0.15) is 0 Å². The monoisotopic (exact) mass is 325 g/mol. The van der Waals surface area contributed by atoms with Crippen LogP contribution in [0.1, 0.15) is 0 Å². The quantitative estimate of drug-likeness (QED) is 0.847. The smallest absolute Gasteiger partial charge is 0.211 e. The third kappa shape index (κ3) is 2.97. The Labute approximate surface area is 129 Å². The molecule has 0 spiro atoms. The van der Waals surface area contributed by atoms with Gasteiger partial charge in [-0.15, -0.1) is 0 Å². The number of hydrogen-bond acceptors (Lipinski definition) is 4. The molecule has 0 N–H and O–H groups in total. The fourth-order valence-electron chi connectivity index (χ4n) is 2.64. The molecule has 2 aromatic rings. The van der Waals surface area contributed by atoms with Crippen molar-refractivity contribution in [3.8, 4) is 0 Å². The standard InChI is InChI=1S/C14H16ClN3O2S/c1-21(19,20)18-8-6-17(7-9-18)14-4-5-16-13-3-2-11(15)10-12(13)14/h2-5,10H,6-9H2,1H3. The largest absolute Gasteiger partial charge is 0.368 e. The van der Waals surface area contributed by atoms with Gasteiger partial charge < -0.3 is 4.90 Å². The van der Waals surface area contributed by atoms with E-state index < -0.39 is 10.0 Å². The van der Waals surface area contributed by atoms with Crippen LogP contribution in [0.4, 0.5) is 5.69 Å². The first-order valence-electron chi connectivity index (χ1n) is 6.69. The van der Waals surface area contributed by atoms with Crippen molar-refractivity contribution in [3.63, 3.8) is 0 Å². The Balaban J connectivity index is 1.91. The zero-order chi connectivity index (χ0) is 15.0. The number of halogens is 1. The van der Waals surface area contributed by atoms with Crippen molar-refractivity contribution >= 4 is 38.2 Å². The summed E-state index contributed by atoms with van der Waals surface area (Å²) in [4.78, 5) is 6.52. The number of hydrogen-bond donors (Lipinski definition) is 0. The van der Waals surface area contributed by atoms with Gasteiger partial charge in [0.15, 0.2) is 0 Å². The molecule has 1 aromatic heterocycles. The fraction of sp³-hybridized carbons (Fsp3) is 0.357. The Bertz CT molecular complexity index is 771. The molecule has 0 aliphatic carbocycles. The second-order valence-corrected chi connectivity index (χ2v) is 7.56. The maximum Gasteiger partial charge on any atom is 0.211 e. The number of nitrogens with zero attached hydrogens (tertiary/aromatic N) is 3. The van der Waals surface area contributed by atoms with E-state index in [1.165, 1.54) is 10.6 Å². The van der Waals surface area contributed by atoms with Crippen LogP contribution >= 0.6 is 11.6 Å². The van der Waals surface area contributed by atoms with Gasteiger partial charge in [0.2, 0.25) is 10.0 Å². The third-order valence-corrected chi connectivity index (χ3v) is 5.27. The van der Waals surface area contributed by atoms with Gasteiger partial charge in [-0.1, -0.05) is 11.6 Å². The SMILES string of the molecule is CS(=O)(=O)N1CCN(c2ccnc3ccc(Cl)cc23)CC1. The van der Waals surface area contributed by atoms with Crippen molar-refractivity contribution in [2.45, 2.75) is 0 Å². The first-order chi connectivity index (χ1) is 9.95. The number of pyridine rings is 1. The van der Waals surface area contributed by atoms with Crippen molar-refractivity contribution in [1.82, 2.24) is 9.29 Å². The Hall–Kier alpha value is -1.37. The fourth-order valence-corrected chi connectivity index (χ4v) is 3.64. The third-order valence-electron chi connectivity index (χ3n) is 3.73. The molecule has 112 valence electrons. The second kappa shape index (κ2) is 5.44. The summed E-state index contributed by atoms with van der Waals surface area (Å²) in [6, 6.07) is 7.58. The van der Waals surface area contributed by atoms with E-state index in [0.29, 0.717) is 31.2 Å².